The van der Waals surface area contributed by atoms with Gasteiger partial charge in [-0.2, -0.15) is 0 Å². The average Bonchev–Trinajstić information content (AvgIpc) is 3.29. The second-order valence-corrected chi connectivity index (χ2v) is 12.4. The van der Waals surface area contributed by atoms with Gasteiger partial charge in [-0.15, -0.1) is 0 Å². The van der Waals surface area contributed by atoms with Gasteiger partial charge in [0, 0.05) is 41.4 Å². The van der Waals surface area contributed by atoms with E-state index < -0.39 is 17.4 Å². The zero-order valence-corrected chi connectivity index (χ0v) is 26.9. The molecule has 9 nitrogen and oxygen atoms in total. The number of aliphatic hydroxyl groups excluding tert-OH is 1. The van der Waals surface area contributed by atoms with Crippen molar-refractivity contribution in [3.8, 4) is 11.4 Å². The molecule has 0 aliphatic carbocycles. The van der Waals surface area contributed by atoms with Crippen molar-refractivity contribution in [1.82, 2.24) is 9.47 Å². The molecule has 0 saturated heterocycles. The highest BCUT2D eigenvalue weighted by atomic mass is 35.5. The van der Waals surface area contributed by atoms with Crippen LogP contribution in [0.3, 0.4) is 0 Å². The summed E-state index contributed by atoms with van der Waals surface area (Å²) >= 11 is 6.35. The molecule has 2 aliphatic heterocycles. The van der Waals surface area contributed by atoms with E-state index in [1.54, 1.807) is 72.6 Å². The highest BCUT2D eigenvalue weighted by Gasteiger charge is 2.52. The molecule has 0 saturated carbocycles. The number of aliphatic hydroxyl groups is 2. The number of anilines is 1. The van der Waals surface area contributed by atoms with Crippen LogP contribution >= 0.6 is 11.6 Å². The first-order chi connectivity index (χ1) is 22.6. The quantitative estimate of drug-likeness (QED) is 0.252. The summed E-state index contributed by atoms with van der Waals surface area (Å²) in [6.07, 6.45) is 5.67. The first-order valence-electron chi connectivity index (χ1n) is 15.5. The van der Waals surface area contributed by atoms with Crippen LogP contribution in [0.5, 0.6) is 5.75 Å². The number of methoxy groups -OCH3 is 1. The Bertz CT molecular complexity index is 1910. The minimum Gasteiger partial charge on any atom is -0.491 e. The van der Waals surface area contributed by atoms with Gasteiger partial charge in [0.05, 0.1) is 32.0 Å². The average molecular weight is 654 g/mol. The van der Waals surface area contributed by atoms with Gasteiger partial charge in [-0.25, -0.2) is 0 Å². The minimum absolute atomic E-state index is 0.0577. The maximum Gasteiger partial charge on any atom is 0.297 e. The summed E-state index contributed by atoms with van der Waals surface area (Å²) in [4.78, 5) is 43.2. The van der Waals surface area contributed by atoms with Crippen molar-refractivity contribution >= 4 is 29.1 Å². The smallest absolute Gasteiger partial charge is 0.297 e. The van der Waals surface area contributed by atoms with Gasteiger partial charge >= 0.3 is 0 Å². The predicted octanol–water partition coefficient (Wildman–Crippen LogP) is 4.76. The third-order valence-corrected chi connectivity index (χ3v) is 9.42. The van der Waals surface area contributed by atoms with Gasteiger partial charge < -0.3 is 24.7 Å². The number of rotatable bonds is 9. The highest BCUT2D eigenvalue weighted by Crippen LogP contribution is 2.46. The standard InChI is InChI=1S/C37H36ClN3O6/c1-24(7-5-11-34(43)40-22-27-9-4-3-8-26(27)19-30(40)23-42)37(46)31-20-28(38)14-17-32(31)41(36(37)45)21-25-12-15-29(16-13-25)39-18-6-10-33(47-2)35(39)44/h3-10,12-18,20,24,30,42,46H,11,19,21-23H2,1-2H3/b7-5+/t24-,30-,37+/m0/s1. The van der Waals surface area contributed by atoms with E-state index in [0.29, 0.717) is 34.9 Å². The summed E-state index contributed by atoms with van der Waals surface area (Å²) < 4.78 is 6.63. The number of hydrogen-bond donors (Lipinski definition) is 2. The molecule has 3 aromatic carbocycles. The number of ether oxygens (including phenoxy) is 1. The number of fused-ring (bicyclic) bond motifs is 2. The zero-order chi connectivity index (χ0) is 33.3. The van der Waals surface area contributed by atoms with Crippen LogP contribution in [0.1, 0.15) is 35.6 Å². The van der Waals surface area contributed by atoms with Crippen LogP contribution in [0, 0.1) is 5.92 Å². The van der Waals surface area contributed by atoms with Crippen LogP contribution in [0.4, 0.5) is 5.69 Å². The van der Waals surface area contributed by atoms with Crippen molar-refractivity contribution in [2.75, 3.05) is 18.6 Å². The van der Waals surface area contributed by atoms with Gasteiger partial charge in [0.25, 0.3) is 11.5 Å². The lowest BCUT2D eigenvalue weighted by Crippen LogP contribution is -2.46. The molecule has 3 atom stereocenters. The molecule has 0 spiro atoms. The largest absolute Gasteiger partial charge is 0.491 e. The van der Waals surface area contributed by atoms with Crippen molar-refractivity contribution in [3.63, 3.8) is 0 Å². The number of carbonyl (C=O) groups is 2. The molecule has 0 radical (unpaired) electrons. The number of pyridine rings is 1. The molecule has 0 bridgehead atoms. The SMILES string of the molecule is COc1cccn(-c2ccc(CN3C(=O)[C@@](O)([C@@H](C)/C=C/CC(=O)N4Cc5ccccc5C[C@H]4CO)c4cc(Cl)ccc43)cc2)c1=O. The third kappa shape index (κ3) is 5.98. The van der Waals surface area contributed by atoms with Crippen molar-refractivity contribution < 1.29 is 24.5 Å². The van der Waals surface area contributed by atoms with Crippen LogP contribution in [0.15, 0.2) is 102 Å². The van der Waals surface area contributed by atoms with Gasteiger partial charge in [0.15, 0.2) is 11.4 Å². The first-order valence-corrected chi connectivity index (χ1v) is 15.9. The molecule has 2 aliphatic rings. The van der Waals surface area contributed by atoms with Gasteiger partial charge in [-0.3, -0.25) is 19.0 Å². The number of amides is 2. The molecule has 3 heterocycles. The molecule has 2 N–H and O–H groups in total. The van der Waals surface area contributed by atoms with E-state index in [-0.39, 0.29) is 42.8 Å². The van der Waals surface area contributed by atoms with E-state index in [1.165, 1.54) is 16.6 Å². The molecule has 1 aromatic heterocycles. The van der Waals surface area contributed by atoms with Gasteiger partial charge in [-0.1, -0.05) is 67.1 Å². The van der Waals surface area contributed by atoms with Crippen LogP contribution < -0.4 is 15.2 Å². The molecule has 6 rings (SSSR count). The minimum atomic E-state index is -1.91. The second kappa shape index (κ2) is 13.2. The fourth-order valence-corrected chi connectivity index (χ4v) is 6.70. The van der Waals surface area contributed by atoms with E-state index >= 15 is 0 Å². The number of aromatic nitrogens is 1. The molecular weight excluding hydrogens is 618 g/mol. The summed E-state index contributed by atoms with van der Waals surface area (Å²) in [7, 11) is 1.45. The highest BCUT2D eigenvalue weighted by molar-refractivity contribution is 6.31. The fourth-order valence-electron chi connectivity index (χ4n) is 6.53. The Morgan fingerprint density at radius 2 is 1.81 bits per heavy atom. The number of benzene rings is 3. The summed E-state index contributed by atoms with van der Waals surface area (Å²) in [5, 5.41) is 22.4. The zero-order valence-electron chi connectivity index (χ0n) is 26.2. The van der Waals surface area contributed by atoms with E-state index in [1.807, 2.05) is 36.4 Å². The van der Waals surface area contributed by atoms with Crippen molar-refractivity contribution in [3.05, 3.63) is 135 Å². The summed E-state index contributed by atoms with van der Waals surface area (Å²) in [5.41, 5.74) is 2.37. The lowest BCUT2D eigenvalue weighted by Gasteiger charge is -2.36. The lowest BCUT2D eigenvalue weighted by atomic mass is 9.83. The summed E-state index contributed by atoms with van der Waals surface area (Å²) in [6.45, 7) is 2.20. The maximum atomic E-state index is 14.0. The molecule has 10 heteroatoms. The summed E-state index contributed by atoms with van der Waals surface area (Å²) in [5.74, 6) is -1.10. The molecule has 4 aromatic rings. The van der Waals surface area contributed by atoms with Gasteiger partial charge in [0.2, 0.25) is 5.91 Å². The van der Waals surface area contributed by atoms with Crippen molar-refractivity contribution in [1.29, 1.82) is 0 Å². The molecule has 2 amide bonds. The summed E-state index contributed by atoms with van der Waals surface area (Å²) in [6, 6.07) is 23.2. The Morgan fingerprint density at radius 3 is 2.53 bits per heavy atom. The van der Waals surface area contributed by atoms with E-state index in [4.69, 9.17) is 16.3 Å². The Labute approximate surface area is 277 Å². The molecule has 242 valence electrons. The molecule has 47 heavy (non-hydrogen) atoms. The topological polar surface area (TPSA) is 112 Å². The Morgan fingerprint density at radius 1 is 1.06 bits per heavy atom. The Balaban J connectivity index is 1.20. The van der Waals surface area contributed by atoms with E-state index in [0.717, 1.165) is 16.7 Å². The lowest BCUT2D eigenvalue weighted by molar-refractivity contribution is -0.139. The third-order valence-electron chi connectivity index (χ3n) is 9.18. The van der Waals surface area contributed by atoms with Crippen molar-refractivity contribution in [2.24, 2.45) is 5.92 Å². The predicted molar refractivity (Wildman–Crippen MR) is 180 cm³/mol. The molecule has 0 unspecified atom stereocenters. The Kier molecular flexibility index (Phi) is 9.05. The van der Waals surface area contributed by atoms with Crippen LogP contribution in [-0.2, 0) is 34.7 Å². The fraction of sp³-hybridized carbons (Fsp3) is 0.270. The molecule has 0 fully saturated rings. The van der Waals surface area contributed by atoms with Crippen molar-refractivity contribution in [2.45, 2.75) is 44.5 Å². The second-order valence-electron chi connectivity index (χ2n) is 12.0. The van der Waals surface area contributed by atoms with Crippen LogP contribution in [0.25, 0.3) is 5.69 Å². The van der Waals surface area contributed by atoms with Crippen LogP contribution in [-0.4, -0.2) is 51.3 Å². The first kappa shape index (κ1) is 32.2. The van der Waals surface area contributed by atoms with Gasteiger partial charge in [0.1, 0.15) is 0 Å². The normalized spacial score (nSPS) is 19.5. The number of halogens is 1. The Hall–Kier alpha value is -4.70. The maximum absolute atomic E-state index is 14.0. The van der Waals surface area contributed by atoms with Crippen LogP contribution in [0.2, 0.25) is 5.02 Å². The van der Waals surface area contributed by atoms with E-state index in [2.05, 4.69) is 0 Å². The molecular formula is C37H36ClN3O6. The number of nitrogens with zero attached hydrogens (tertiary/aromatic N) is 3. The van der Waals surface area contributed by atoms with Gasteiger partial charge in [-0.05, 0) is 65.6 Å². The van der Waals surface area contributed by atoms with E-state index in [9.17, 15) is 24.6 Å². The number of carbonyl (C=O) groups excluding carboxylic acids is 2. The monoisotopic (exact) mass is 653 g/mol. The number of hydrogen-bond acceptors (Lipinski definition) is 6.